The van der Waals surface area contributed by atoms with Gasteiger partial charge in [0, 0.05) is 23.7 Å². The van der Waals surface area contributed by atoms with E-state index >= 15 is 0 Å². The summed E-state index contributed by atoms with van der Waals surface area (Å²) in [6, 6.07) is 15.6. The smallest absolute Gasteiger partial charge is 0.265 e. The molecule has 1 saturated carbocycles. The lowest BCUT2D eigenvalue weighted by Gasteiger charge is -2.34. The van der Waals surface area contributed by atoms with Crippen LogP contribution in [0.4, 0.5) is 5.69 Å². The normalized spacial score (nSPS) is 14.0. The maximum atomic E-state index is 14.4. The first kappa shape index (κ1) is 34.9. The lowest BCUT2D eigenvalue weighted by molar-refractivity contribution is -0.140. The summed E-state index contributed by atoms with van der Waals surface area (Å²) in [5.74, 6) is -0.0989. The SMILES string of the molecule is CCC(C(=O)NC1CCCC1)N(Cc1ccc(C)cc1)C(=O)CN(c1cc(Cl)ccc1OC)S(=O)(=O)c1ccc(OC)c(OC)c1. The summed E-state index contributed by atoms with van der Waals surface area (Å²) >= 11 is 6.35. The number of benzene rings is 3. The molecule has 46 heavy (non-hydrogen) atoms. The second-order valence-corrected chi connectivity index (χ2v) is 13.6. The van der Waals surface area contributed by atoms with Gasteiger partial charge in [-0.3, -0.25) is 13.9 Å². The largest absolute Gasteiger partial charge is 0.495 e. The van der Waals surface area contributed by atoms with Gasteiger partial charge in [0.1, 0.15) is 18.3 Å². The first-order chi connectivity index (χ1) is 22.0. The second kappa shape index (κ2) is 15.6. The molecule has 0 heterocycles. The average Bonchev–Trinajstić information content (AvgIpc) is 3.56. The molecule has 0 aromatic heterocycles. The Kier molecular flexibility index (Phi) is 11.8. The lowest BCUT2D eigenvalue weighted by atomic mass is 10.1. The van der Waals surface area contributed by atoms with Gasteiger partial charge in [-0.2, -0.15) is 0 Å². The molecule has 1 N–H and O–H groups in total. The van der Waals surface area contributed by atoms with E-state index < -0.39 is 28.5 Å². The van der Waals surface area contributed by atoms with Crippen molar-refractivity contribution in [2.45, 2.75) is 69.5 Å². The van der Waals surface area contributed by atoms with Crippen molar-refractivity contribution in [3.05, 3.63) is 76.8 Å². The molecule has 3 aromatic carbocycles. The van der Waals surface area contributed by atoms with Gasteiger partial charge >= 0.3 is 0 Å². The van der Waals surface area contributed by atoms with Crippen LogP contribution in [0, 0.1) is 6.92 Å². The van der Waals surface area contributed by atoms with E-state index in [1.54, 1.807) is 6.07 Å². The molecule has 0 bridgehead atoms. The number of nitrogens with one attached hydrogen (secondary N) is 1. The van der Waals surface area contributed by atoms with Gasteiger partial charge in [-0.05, 0) is 62.1 Å². The Labute approximate surface area is 276 Å². The number of carbonyl (C=O) groups is 2. The molecule has 1 atom stereocenters. The number of ether oxygens (including phenoxy) is 3. The van der Waals surface area contributed by atoms with E-state index in [9.17, 15) is 18.0 Å². The summed E-state index contributed by atoms with van der Waals surface area (Å²) in [7, 11) is -0.175. The molecule has 12 heteroatoms. The van der Waals surface area contributed by atoms with Crippen LogP contribution in [0.1, 0.15) is 50.2 Å². The number of anilines is 1. The standard InChI is InChI=1S/C34H42ClN3O7S/c1-6-28(34(40)36-26-9-7-8-10-26)37(21-24-13-11-23(2)12-14-24)33(39)22-38(29-19-25(35)15-17-30(29)43-3)46(41,42)27-16-18-31(44-4)32(20-27)45-5/h11-20,26,28H,6-10,21-22H2,1-5H3,(H,36,40). The molecule has 0 radical (unpaired) electrons. The Bertz CT molecular complexity index is 1630. The number of aryl methyl sites for hydroxylation is 1. The third-order valence-electron chi connectivity index (χ3n) is 8.19. The Morgan fingerprint density at radius 3 is 2.15 bits per heavy atom. The van der Waals surface area contributed by atoms with Crippen molar-refractivity contribution >= 4 is 39.1 Å². The topological polar surface area (TPSA) is 114 Å². The Morgan fingerprint density at radius 1 is 0.913 bits per heavy atom. The molecule has 2 amide bonds. The fourth-order valence-corrected chi connectivity index (χ4v) is 7.25. The molecule has 10 nitrogen and oxygen atoms in total. The highest BCUT2D eigenvalue weighted by atomic mass is 35.5. The van der Waals surface area contributed by atoms with Crippen LogP contribution in [0.5, 0.6) is 17.2 Å². The Balaban J connectivity index is 1.80. The van der Waals surface area contributed by atoms with Crippen molar-refractivity contribution in [1.82, 2.24) is 10.2 Å². The van der Waals surface area contributed by atoms with Crippen LogP contribution < -0.4 is 23.8 Å². The minimum atomic E-state index is -4.43. The van der Waals surface area contributed by atoms with E-state index in [0.29, 0.717) is 12.2 Å². The number of carbonyl (C=O) groups excluding carboxylic acids is 2. The van der Waals surface area contributed by atoms with Gasteiger partial charge in [0.15, 0.2) is 11.5 Å². The second-order valence-electron chi connectivity index (χ2n) is 11.3. The number of sulfonamides is 1. The van der Waals surface area contributed by atoms with Crippen LogP contribution in [-0.2, 0) is 26.2 Å². The van der Waals surface area contributed by atoms with Gasteiger partial charge in [0.2, 0.25) is 11.8 Å². The van der Waals surface area contributed by atoms with E-state index in [4.69, 9.17) is 25.8 Å². The van der Waals surface area contributed by atoms with E-state index in [2.05, 4.69) is 5.32 Å². The van der Waals surface area contributed by atoms with Crippen molar-refractivity contribution in [3.8, 4) is 17.2 Å². The monoisotopic (exact) mass is 671 g/mol. The Hall–Kier alpha value is -3.96. The van der Waals surface area contributed by atoms with Crippen molar-refractivity contribution < 1.29 is 32.2 Å². The summed E-state index contributed by atoms with van der Waals surface area (Å²) in [5.41, 5.74) is 1.92. The van der Waals surface area contributed by atoms with Crippen LogP contribution in [0.2, 0.25) is 5.02 Å². The number of amides is 2. The highest BCUT2D eigenvalue weighted by Crippen LogP contribution is 2.37. The predicted molar refractivity (Wildman–Crippen MR) is 178 cm³/mol. The molecule has 0 aliphatic heterocycles. The number of methoxy groups -OCH3 is 3. The molecule has 1 aliphatic carbocycles. The van der Waals surface area contributed by atoms with Gasteiger partial charge in [-0.15, -0.1) is 0 Å². The van der Waals surface area contributed by atoms with Gasteiger partial charge in [0.25, 0.3) is 10.0 Å². The number of nitrogens with zero attached hydrogens (tertiary/aromatic N) is 2. The van der Waals surface area contributed by atoms with Gasteiger partial charge in [-0.1, -0.05) is 61.2 Å². The summed E-state index contributed by atoms with van der Waals surface area (Å²) in [4.78, 5) is 29.4. The number of rotatable bonds is 14. The zero-order chi connectivity index (χ0) is 33.4. The van der Waals surface area contributed by atoms with Crippen molar-refractivity contribution in [2.24, 2.45) is 0 Å². The number of hydrogen-bond acceptors (Lipinski definition) is 7. The lowest BCUT2D eigenvalue weighted by Crippen LogP contribution is -2.53. The van der Waals surface area contributed by atoms with Crippen LogP contribution in [0.15, 0.2) is 65.6 Å². The molecule has 3 aromatic rings. The summed E-state index contributed by atoms with van der Waals surface area (Å²) in [6.45, 7) is 3.28. The fraction of sp³-hybridized carbons (Fsp3) is 0.412. The minimum absolute atomic E-state index is 0.0514. The van der Waals surface area contributed by atoms with Crippen molar-refractivity contribution in [1.29, 1.82) is 0 Å². The number of hydrogen-bond donors (Lipinski definition) is 1. The van der Waals surface area contributed by atoms with Crippen molar-refractivity contribution in [2.75, 3.05) is 32.2 Å². The summed E-state index contributed by atoms with van der Waals surface area (Å²) < 4.78 is 46.0. The Morgan fingerprint density at radius 2 is 1.54 bits per heavy atom. The highest BCUT2D eigenvalue weighted by molar-refractivity contribution is 7.92. The molecular formula is C34H42ClN3O7S. The first-order valence-electron chi connectivity index (χ1n) is 15.3. The van der Waals surface area contributed by atoms with Gasteiger partial charge < -0.3 is 24.4 Å². The summed E-state index contributed by atoms with van der Waals surface area (Å²) in [6.07, 6.45) is 4.19. The molecule has 0 spiro atoms. The molecule has 248 valence electrons. The van der Waals surface area contributed by atoms with E-state index in [-0.39, 0.29) is 45.6 Å². The maximum Gasteiger partial charge on any atom is 0.265 e. The van der Waals surface area contributed by atoms with Gasteiger partial charge in [0.05, 0.1) is 31.9 Å². The zero-order valence-corrected chi connectivity index (χ0v) is 28.5. The third kappa shape index (κ3) is 8.06. The van der Waals surface area contributed by atoms with Crippen LogP contribution in [0.3, 0.4) is 0 Å². The predicted octanol–water partition coefficient (Wildman–Crippen LogP) is 5.74. The fourth-order valence-electron chi connectivity index (χ4n) is 5.65. The molecule has 0 saturated heterocycles. The average molecular weight is 672 g/mol. The van der Waals surface area contributed by atoms with Crippen molar-refractivity contribution in [3.63, 3.8) is 0 Å². The highest BCUT2D eigenvalue weighted by Gasteiger charge is 2.36. The maximum absolute atomic E-state index is 14.4. The van der Waals surface area contributed by atoms with E-state index in [0.717, 1.165) is 41.1 Å². The number of halogens is 1. The molecule has 1 unspecified atom stereocenters. The van der Waals surface area contributed by atoms with Crippen LogP contribution >= 0.6 is 11.6 Å². The first-order valence-corrected chi connectivity index (χ1v) is 17.1. The van der Waals surface area contributed by atoms with E-state index in [1.165, 1.54) is 56.6 Å². The third-order valence-corrected chi connectivity index (χ3v) is 10.2. The minimum Gasteiger partial charge on any atom is -0.495 e. The zero-order valence-electron chi connectivity index (χ0n) is 26.9. The molecular weight excluding hydrogens is 630 g/mol. The van der Waals surface area contributed by atoms with Crippen LogP contribution in [-0.4, -0.2) is 65.1 Å². The molecule has 1 aliphatic rings. The van der Waals surface area contributed by atoms with Gasteiger partial charge in [-0.25, -0.2) is 8.42 Å². The summed E-state index contributed by atoms with van der Waals surface area (Å²) in [5, 5.41) is 3.37. The molecule has 4 rings (SSSR count). The quantitative estimate of drug-likeness (QED) is 0.233. The van der Waals surface area contributed by atoms with Crippen LogP contribution in [0.25, 0.3) is 0 Å². The molecule has 1 fully saturated rings. The van der Waals surface area contributed by atoms with E-state index in [1.807, 2.05) is 38.1 Å².